The van der Waals surface area contributed by atoms with Crippen LogP contribution in [0, 0.1) is 5.41 Å². The lowest BCUT2D eigenvalue weighted by Crippen LogP contribution is -2.42. The quantitative estimate of drug-likeness (QED) is 0.374. The highest BCUT2D eigenvalue weighted by Gasteiger charge is 2.39. The Morgan fingerprint density at radius 2 is 1.85 bits per heavy atom. The Hall–Kier alpha value is -0.870. The van der Waals surface area contributed by atoms with Crippen LogP contribution in [0.15, 0.2) is 34.2 Å². The zero-order valence-corrected chi connectivity index (χ0v) is 19.1. The molecule has 1 aromatic rings. The van der Waals surface area contributed by atoms with Crippen LogP contribution in [0.2, 0.25) is 0 Å². The molecule has 8 heteroatoms. The summed E-state index contributed by atoms with van der Waals surface area (Å²) in [6, 6.07) is 6.76. The minimum atomic E-state index is -3.62. The number of nitrogens with two attached hydrogens (primary N) is 1. The monoisotopic (exact) mass is 506 g/mol. The van der Waals surface area contributed by atoms with Crippen molar-refractivity contribution in [3.8, 4) is 0 Å². The number of hydrogen-bond donors (Lipinski definition) is 2. The Balaban J connectivity index is 0.00000261. The summed E-state index contributed by atoms with van der Waals surface area (Å²) in [5.41, 5.74) is 1.59. The Bertz CT molecular complexity index is 743. The van der Waals surface area contributed by atoms with Gasteiger partial charge in [0.1, 0.15) is 0 Å². The molecule has 3 rings (SSSR count). The molecule has 1 saturated carbocycles. The predicted molar refractivity (Wildman–Crippen MR) is 120 cm³/mol. The van der Waals surface area contributed by atoms with Gasteiger partial charge in [-0.3, -0.25) is 4.99 Å². The van der Waals surface area contributed by atoms with Gasteiger partial charge in [-0.15, -0.1) is 24.0 Å². The highest BCUT2D eigenvalue weighted by molar-refractivity contribution is 14.0. The summed E-state index contributed by atoms with van der Waals surface area (Å²) in [4.78, 5) is 7.01. The fourth-order valence-corrected chi connectivity index (χ4v) is 4.84. The minimum Gasteiger partial charge on any atom is -0.356 e. The van der Waals surface area contributed by atoms with Crippen LogP contribution in [0.1, 0.15) is 44.1 Å². The van der Waals surface area contributed by atoms with Crippen molar-refractivity contribution in [1.29, 1.82) is 0 Å². The van der Waals surface area contributed by atoms with E-state index in [0.29, 0.717) is 5.41 Å². The number of nitrogens with one attached hydrogen (secondary N) is 1. The van der Waals surface area contributed by atoms with Gasteiger partial charge in [0.25, 0.3) is 0 Å². The molecule has 0 radical (unpaired) electrons. The second-order valence-corrected chi connectivity index (χ2v) is 9.21. The number of rotatable bonds is 4. The summed E-state index contributed by atoms with van der Waals surface area (Å²) in [5, 5.41) is 8.59. The van der Waals surface area contributed by atoms with Crippen molar-refractivity contribution < 1.29 is 8.42 Å². The fraction of sp³-hybridized carbons (Fsp3) is 0.632. The first kappa shape index (κ1) is 22.4. The lowest BCUT2D eigenvalue weighted by atomic mass is 9.73. The third kappa shape index (κ3) is 5.80. The van der Waals surface area contributed by atoms with E-state index in [1.807, 2.05) is 19.2 Å². The first-order valence-corrected chi connectivity index (χ1v) is 11.0. The molecule has 0 aromatic heterocycles. The van der Waals surface area contributed by atoms with Crippen LogP contribution in [0.5, 0.6) is 0 Å². The number of halogens is 1. The van der Waals surface area contributed by atoms with Crippen molar-refractivity contribution in [2.75, 3.05) is 26.7 Å². The molecule has 1 saturated heterocycles. The van der Waals surface area contributed by atoms with E-state index < -0.39 is 10.0 Å². The first-order chi connectivity index (χ1) is 12.4. The van der Waals surface area contributed by atoms with Crippen LogP contribution in [-0.4, -0.2) is 46.0 Å². The molecule has 1 aliphatic heterocycles. The smallest absolute Gasteiger partial charge is 0.238 e. The molecule has 0 amide bonds. The van der Waals surface area contributed by atoms with Crippen LogP contribution in [0.3, 0.4) is 0 Å². The van der Waals surface area contributed by atoms with E-state index in [0.717, 1.165) is 37.6 Å². The third-order valence-corrected chi connectivity index (χ3v) is 6.74. The molecule has 1 aromatic carbocycles. The lowest BCUT2D eigenvalue weighted by Gasteiger charge is -2.33. The Morgan fingerprint density at radius 1 is 1.19 bits per heavy atom. The SMILES string of the molecule is CN=C(NCCc1ccc(S(N)(=O)=O)cc1)N1CCC2(CCCCC2)C1.I. The van der Waals surface area contributed by atoms with Crippen molar-refractivity contribution in [2.45, 2.75) is 49.8 Å². The molecular formula is C19H31IN4O2S. The Kier molecular flexibility index (Phi) is 7.94. The number of aliphatic imine (C=N–C) groups is 1. The molecule has 1 heterocycles. The number of sulfonamides is 1. The second kappa shape index (κ2) is 9.56. The van der Waals surface area contributed by atoms with Crippen LogP contribution in [-0.2, 0) is 16.4 Å². The molecule has 1 aliphatic carbocycles. The number of hydrogen-bond acceptors (Lipinski definition) is 3. The van der Waals surface area contributed by atoms with E-state index in [2.05, 4.69) is 15.2 Å². The molecule has 3 N–H and O–H groups in total. The maximum atomic E-state index is 11.3. The molecule has 152 valence electrons. The van der Waals surface area contributed by atoms with E-state index in [-0.39, 0.29) is 28.9 Å². The van der Waals surface area contributed by atoms with Crippen molar-refractivity contribution in [3.05, 3.63) is 29.8 Å². The summed E-state index contributed by atoms with van der Waals surface area (Å²) in [7, 11) is -1.78. The van der Waals surface area contributed by atoms with Crippen molar-refractivity contribution in [2.24, 2.45) is 15.5 Å². The van der Waals surface area contributed by atoms with Crippen LogP contribution in [0.4, 0.5) is 0 Å². The zero-order valence-electron chi connectivity index (χ0n) is 16.0. The highest BCUT2D eigenvalue weighted by Crippen LogP contribution is 2.43. The van der Waals surface area contributed by atoms with Gasteiger partial charge in [0.05, 0.1) is 4.90 Å². The molecule has 0 bridgehead atoms. The van der Waals surface area contributed by atoms with E-state index in [4.69, 9.17) is 5.14 Å². The third-order valence-electron chi connectivity index (χ3n) is 5.81. The molecule has 27 heavy (non-hydrogen) atoms. The summed E-state index contributed by atoms with van der Waals surface area (Å²) >= 11 is 0. The average molecular weight is 506 g/mol. The van der Waals surface area contributed by atoms with Gasteiger partial charge in [-0.1, -0.05) is 31.4 Å². The molecule has 2 fully saturated rings. The highest BCUT2D eigenvalue weighted by atomic mass is 127. The van der Waals surface area contributed by atoms with Gasteiger partial charge in [-0.05, 0) is 48.8 Å². The molecule has 6 nitrogen and oxygen atoms in total. The first-order valence-electron chi connectivity index (χ1n) is 9.49. The fourth-order valence-electron chi connectivity index (χ4n) is 4.32. The van der Waals surface area contributed by atoms with E-state index in [1.54, 1.807) is 12.1 Å². The number of benzene rings is 1. The van der Waals surface area contributed by atoms with Crippen LogP contribution < -0.4 is 10.5 Å². The molecule has 2 aliphatic rings. The summed E-state index contributed by atoms with van der Waals surface area (Å²) in [6.45, 7) is 2.98. The number of primary sulfonamides is 1. The number of nitrogens with zero attached hydrogens (tertiary/aromatic N) is 2. The summed E-state index contributed by atoms with van der Waals surface area (Å²) in [5.74, 6) is 0.980. The van der Waals surface area contributed by atoms with E-state index in [9.17, 15) is 8.42 Å². The van der Waals surface area contributed by atoms with Crippen LogP contribution >= 0.6 is 24.0 Å². The van der Waals surface area contributed by atoms with Gasteiger partial charge < -0.3 is 10.2 Å². The number of likely N-dealkylation sites (tertiary alicyclic amines) is 1. The second-order valence-electron chi connectivity index (χ2n) is 7.65. The van der Waals surface area contributed by atoms with Gasteiger partial charge in [0.2, 0.25) is 10.0 Å². The topological polar surface area (TPSA) is 87.8 Å². The lowest BCUT2D eigenvalue weighted by molar-refractivity contribution is 0.203. The maximum Gasteiger partial charge on any atom is 0.238 e. The molecule has 0 atom stereocenters. The predicted octanol–water partition coefficient (Wildman–Crippen LogP) is 2.73. The van der Waals surface area contributed by atoms with Gasteiger partial charge in [-0.2, -0.15) is 0 Å². The van der Waals surface area contributed by atoms with Crippen molar-refractivity contribution >= 4 is 40.0 Å². The van der Waals surface area contributed by atoms with Crippen molar-refractivity contribution in [3.63, 3.8) is 0 Å². The van der Waals surface area contributed by atoms with E-state index in [1.165, 1.54) is 38.5 Å². The Morgan fingerprint density at radius 3 is 2.44 bits per heavy atom. The molecular weight excluding hydrogens is 475 g/mol. The molecule has 1 spiro atoms. The van der Waals surface area contributed by atoms with Crippen molar-refractivity contribution in [1.82, 2.24) is 10.2 Å². The van der Waals surface area contributed by atoms with Gasteiger partial charge in [0, 0.05) is 26.7 Å². The molecule has 0 unspecified atom stereocenters. The average Bonchev–Trinajstić information content (AvgIpc) is 3.02. The van der Waals surface area contributed by atoms with Crippen LogP contribution in [0.25, 0.3) is 0 Å². The maximum absolute atomic E-state index is 11.3. The number of guanidine groups is 1. The van der Waals surface area contributed by atoms with Gasteiger partial charge in [-0.25, -0.2) is 13.6 Å². The van der Waals surface area contributed by atoms with Gasteiger partial charge in [0.15, 0.2) is 5.96 Å². The minimum absolute atomic E-state index is 0. The largest absolute Gasteiger partial charge is 0.356 e. The Labute approximate surface area is 180 Å². The van der Waals surface area contributed by atoms with E-state index >= 15 is 0 Å². The summed E-state index contributed by atoms with van der Waals surface area (Å²) in [6.07, 6.45) is 8.93. The normalized spacial score (nSPS) is 19.8. The standard InChI is InChI=1S/C19H30N4O2S.HI/c1-21-18(23-14-12-19(15-23)10-3-2-4-11-19)22-13-9-16-5-7-17(8-6-16)26(20,24)25;/h5-8H,2-4,9-15H2,1H3,(H,21,22)(H2,20,24,25);1H. The zero-order chi connectivity index (χ0) is 18.6. The van der Waals surface area contributed by atoms with Gasteiger partial charge >= 0.3 is 0 Å². The summed E-state index contributed by atoms with van der Waals surface area (Å²) < 4.78 is 22.6.